The van der Waals surface area contributed by atoms with E-state index in [1.165, 1.54) is 77.0 Å². The zero-order valence-electron chi connectivity index (χ0n) is 10.1. The van der Waals surface area contributed by atoms with Gasteiger partial charge in [0.2, 0.25) is 0 Å². The first-order chi connectivity index (χ1) is 7.47. The van der Waals surface area contributed by atoms with Crippen molar-refractivity contribution in [1.82, 2.24) is 0 Å². The second-order valence-corrected chi connectivity index (χ2v) is 5.44. The Labute approximate surface area is 95.1 Å². The Kier molecular flexibility index (Phi) is 4.76. The van der Waals surface area contributed by atoms with Crippen molar-refractivity contribution in [2.75, 3.05) is 0 Å². The van der Waals surface area contributed by atoms with Crippen molar-refractivity contribution >= 4 is 0 Å². The molecule has 0 radical (unpaired) electrons. The molecule has 1 fully saturated rings. The van der Waals surface area contributed by atoms with Crippen molar-refractivity contribution in [2.45, 2.75) is 77.0 Å². The van der Waals surface area contributed by atoms with Crippen LogP contribution in [-0.2, 0) is 0 Å². The minimum atomic E-state index is 1.02. The van der Waals surface area contributed by atoms with Crippen LogP contribution in [0.4, 0.5) is 0 Å². The molecule has 0 nitrogen and oxygen atoms in total. The molecule has 0 heteroatoms. The van der Waals surface area contributed by atoms with Gasteiger partial charge in [-0.2, -0.15) is 0 Å². The van der Waals surface area contributed by atoms with E-state index in [-0.39, 0.29) is 0 Å². The van der Waals surface area contributed by atoms with Crippen molar-refractivity contribution in [3.63, 3.8) is 0 Å². The van der Waals surface area contributed by atoms with Gasteiger partial charge in [0.1, 0.15) is 0 Å². The Bertz CT molecular complexity index is 202. The number of fused-ring (bicyclic) bond motifs is 1. The Balaban J connectivity index is 1.69. The molecule has 0 aromatic heterocycles. The maximum absolute atomic E-state index is 2.55. The van der Waals surface area contributed by atoms with Crippen LogP contribution in [-0.4, -0.2) is 0 Å². The highest BCUT2D eigenvalue weighted by Gasteiger charge is 2.27. The first-order valence-corrected chi connectivity index (χ1v) is 7.16. The van der Waals surface area contributed by atoms with Gasteiger partial charge in [0, 0.05) is 0 Å². The van der Waals surface area contributed by atoms with Gasteiger partial charge in [0.15, 0.2) is 0 Å². The molecule has 0 aliphatic heterocycles. The third-order valence-electron chi connectivity index (χ3n) is 4.01. The molecule has 86 valence electrons. The van der Waals surface area contributed by atoms with E-state index >= 15 is 0 Å². The fraction of sp³-hybridized carbons (Fsp3) is 0.867. The molecule has 0 N–H and O–H groups in total. The van der Waals surface area contributed by atoms with Crippen molar-refractivity contribution in [3.8, 4) is 0 Å². The molecule has 15 heavy (non-hydrogen) atoms. The maximum atomic E-state index is 2.55. The molecule has 1 unspecified atom stereocenters. The summed E-state index contributed by atoms with van der Waals surface area (Å²) in [5.41, 5.74) is 1.80. The second kappa shape index (κ2) is 6.35. The Morgan fingerprint density at radius 2 is 1.33 bits per heavy atom. The van der Waals surface area contributed by atoms with Gasteiger partial charge in [-0.15, -0.1) is 0 Å². The third-order valence-corrected chi connectivity index (χ3v) is 4.01. The van der Waals surface area contributed by atoms with Crippen molar-refractivity contribution in [3.05, 3.63) is 11.6 Å². The quantitative estimate of drug-likeness (QED) is 0.476. The van der Waals surface area contributed by atoms with E-state index in [1.54, 1.807) is 5.57 Å². The number of hydrogen-bond acceptors (Lipinski definition) is 0. The molecule has 1 atom stereocenters. The lowest BCUT2D eigenvalue weighted by Gasteiger charge is -2.03. The van der Waals surface area contributed by atoms with E-state index in [2.05, 4.69) is 6.08 Å². The molecule has 0 amide bonds. The summed E-state index contributed by atoms with van der Waals surface area (Å²) in [6, 6.07) is 0. The van der Waals surface area contributed by atoms with Gasteiger partial charge in [0.05, 0.1) is 0 Å². The second-order valence-electron chi connectivity index (χ2n) is 5.44. The van der Waals surface area contributed by atoms with E-state index in [1.807, 2.05) is 0 Å². The maximum Gasteiger partial charge on any atom is -0.0166 e. The van der Waals surface area contributed by atoms with Gasteiger partial charge in [-0.1, -0.05) is 63.0 Å². The predicted molar refractivity (Wildman–Crippen MR) is 67.0 cm³/mol. The molecule has 0 spiro atoms. The lowest BCUT2D eigenvalue weighted by molar-refractivity contribution is 0.542. The van der Waals surface area contributed by atoms with Gasteiger partial charge in [-0.25, -0.2) is 0 Å². The molecule has 2 aliphatic rings. The first-order valence-electron chi connectivity index (χ1n) is 7.16. The monoisotopic (exact) mass is 206 g/mol. The summed E-state index contributed by atoms with van der Waals surface area (Å²) in [7, 11) is 0. The van der Waals surface area contributed by atoms with E-state index < -0.39 is 0 Å². The zero-order valence-corrected chi connectivity index (χ0v) is 10.1. The third kappa shape index (κ3) is 4.40. The van der Waals surface area contributed by atoms with Gasteiger partial charge in [-0.05, 0) is 31.6 Å². The highest BCUT2D eigenvalue weighted by atomic mass is 14.3. The molecule has 0 bridgehead atoms. The van der Waals surface area contributed by atoms with Gasteiger partial charge >= 0.3 is 0 Å². The van der Waals surface area contributed by atoms with Gasteiger partial charge < -0.3 is 0 Å². The van der Waals surface area contributed by atoms with Crippen LogP contribution >= 0.6 is 0 Å². The zero-order chi connectivity index (χ0) is 10.3. The van der Waals surface area contributed by atoms with Crippen LogP contribution in [0.3, 0.4) is 0 Å². The molecule has 0 heterocycles. The summed E-state index contributed by atoms with van der Waals surface area (Å²) in [5, 5.41) is 0. The Morgan fingerprint density at radius 3 is 2.07 bits per heavy atom. The smallest absolute Gasteiger partial charge is 0.0166 e. The van der Waals surface area contributed by atoms with Crippen molar-refractivity contribution in [1.29, 1.82) is 0 Å². The Morgan fingerprint density at radius 1 is 0.733 bits per heavy atom. The fourth-order valence-electron chi connectivity index (χ4n) is 2.82. The van der Waals surface area contributed by atoms with E-state index in [0.717, 1.165) is 5.92 Å². The fourth-order valence-corrected chi connectivity index (χ4v) is 2.82. The van der Waals surface area contributed by atoms with Gasteiger partial charge in [0.25, 0.3) is 0 Å². The SMILES string of the molecule is C1=C2/CC2CCCCCCCCCCC/1. The van der Waals surface area contributed by atoms with Crippen LogP contribution in [0.15, 0.2) is 11.6 Å². The first kappa shape index (κ1) is 11.2. The number of rotatable bonds is 0. The molecular formula is C15H26. The molecule has 2 rings (SSSR count). The normalized spacial score (nSPS) is 33.3. The standard InChI is InChI=1S/C15H26/c1-2-4-6-8-10-12-15-13-14(15)11-9-7-5-3-1/h11,15H,1-10,12-13H2/b14-11-. The van der Waals surface area contributed by atoms with Crippen LogP contribution in [0.2, 0.25) is 0 Å². The van der Waals surface area contributed by atoms with Crippen molar-refractivity contribution < 1.29 is 0 Å². The topological polar surface area (TPSA) is 0 Å². The molecule has 0 aromatic carbocycles. The molecule has 0 saturated heterocycles. The molecule has 1 saturated carbocycles. The Hall–Kier alpha value is -0.260. The summed E-state index contributed by atoms with van der Waals surface area (Å²) in [6.07, 6.45) is 20.2. The van der Waals surface area contributed by atoms with Crippen LogP contribution in [0.1, 0.15) is 77.0 Å². The molecule has 2 aliphatic carbocycles. The minimum absolute atomic E-state index is 1.02. The number of hydrogen-bond donors (Lipinski definition) is 0. The summed E-state index contributed by atoms with van der Waals surface area (Å²) in [5.74, 6) is 1.02. The number of allylic oxidation sites excluding steroid dienone is 2. The minimum Gasteiger partial charge on any atom is -0.0850 e. The summed E-state index contributed by atoms with van der Waals surface area (Å²) in [4.78, 5) is 0. The average Bonchev–Trinajstić information content (AvgIpc) is 2.98. The van der Waals surface area contributed by atoms with E-state index in [0.29, 0.717) is 0 Å². The van der Waals surface area contributed by atoms with Crippen LogP contribution in [0.5, 0.6) is 0 Å². The van der Waals surface area contributed by atoms with Crippen molar-refractivity contribution in [2.24, 2.45) is 5.92 Å². The molecule has 0 aromatic rings. The highest BCUT2D eigenvalue weighted by Crippen LogP contribution is 2.42. The highest BCUT2D eigenvalue weighted by molar-refractivity contribution is 5.22. The summed E-state index contributed by atoms with van der Waals surface area (Å²) < 4.78 is 0. The average molecular weight is 206 g/mol. The van der Waals surface area contributed by atoms with E-state index in [9.17, 15) is 0 Å². The predicted octanol–water partition coefficient (Wildman–Crippen LogP) is 5.24. The lowest BCUT2D eigenvalue weighted by Crippen LogP contribution is -1.84. The molecular weight excluding hydrogens is 180 g/mol. The van der Waals surface area contributed by atoms with Crippen LogP contribution in [0.25, 0.3) is 0 Å². The van der Waals surface area contributed by atoms with Gasteiger partial charge in [-0.3, -0.25) is 0 Å². The van der Waals surface area contributed by atoms with Crippen LogP contribution < -0.4 is 0 Å². The van der Waals surface area contributed by atoms with E-state index in [4.69, 9.17) is 0 Å². The summed E-state index contributed by atoms with van der Waals surface area (Å²) in [6.45, 7) is 0. The lowest BCUT2D eigenvalue weighted by atomic mass is 10.0. The largest absolute Gasteiger partial charge is 0.0850 e. The summed E-state index contributed by atoms with van der Waals surface area (Å²) >= 11 is 0. The van der Waals surface area contributed by atoms with Crippen LogP contribution in [0, 0.1) is 5.92 Å².